The number of nitrogens with one attached hydrogen (secondary N) is 1. The number of nitrogens with zero attached hydrogens (tertiary/aromatic N) is 2. The minimum absolute atomic E-state index is 0.445. The molecule has 0 aliphatic heterocycles. The van der Waals surface area contributed by atoms with Crippen molar-refractivity contribution in [1.82, 2.24) is 15.0 Å². The van der Waals surface area contributed by atoms with Crippen LogP contribution in [0.15, 0.2) is 29.7 Å². The van der Waals surface area contributed by atoms with E-state index >= 15 is 0 Å². The van der Waals surface area contributed by atoms with Gasteiger partial charge in [-0.1, -0.05) is 23.9 Å². The molecule has 0 saturated heterocycles. The summed E-state index contributed by atoms with van der Waals surface area (Å²) in [5, 5.41) is 2.42. The molecule has 0 unspecified atom stereocenters. The quantitative estimate of drug-likeness (QED) is 0.543. The number of nitrogens with two attached hydrogens (primary N) is 1. The number of aromatic nitrogens is 3. The SMILES string of the molecule is CSc1ncc2ccc3c(C(N)=O)c[nH]c3c2n1. The molecule has 18 heavy (non-hydrogen) atoms. The second-order valence-electron chi connectivity index (χ2n) is 3.85. The van der Waals surface area contributed by atoms with Crippen molar-refractivity contribution < 1.29 is 4.79 Å². The zero-order chi connectivity index (χ0) is 12.7. The molecule has 1 aromatic carbocycles. The number of rotatable bonds is 2. The number of benzene rings is 1. The van der Waals surface area contributed by atoms with Crippen molar-refractivity contribution in [2.75, 3.05) is 6.26 Å². The highest BCUT2D eigenvalue weighted by Gasteiger charge is 2.12. The minimum Gasteiger partial charge on any atom is -0.366 e. The number of thioether (sulfide) groups is 1. The molecule has 0 radical (unpaired) electrons. The fourth-order valence-corrected chi connectivity index (χ4v) is 2.32. The van der Waals surface area contributed by atoms with Crippen LogP contribution in [0.3, 0.4) is 0 Å². The first-order valence-electron chi connectivity index (χ1n) is 5.31. The fourth-order valence-electron chi connectivity index (χ4n) is 1.98. The van der Waals surface area contributed by atoms with Crippen molar-refractivity contribution in [3.8, 4) is 0 Å². The first-order valence-corrected chi connectivity index (χ1v) is 6.54. The molecule has 0 bridgehead atoms. The standard InChI is InChI=1S/C12H10N4OS/c1-18-12-15-4-6-2-3-7-8(11(13)17)5-14-10(7)9(6)16-12/h2-5,14H,1H3,(H2,13,17). The third kappa shape index (κ3) is 1.53. The fraction of sp³-hybridized carbons (Fsp3) is 0.0833. The molecule has 0 fully saturated rings. The van der Waals surface area contributed by atoms with E-state index in [1.165, 1.54) is 11.8 Å². The number of fused-ring (bicyclic) bond motifs is 3. The Balaban J connectivity index is 2.41. The zero-order valence-electron chi connectivity index (χ0n) is 9.60. The molecule has 0 atom stereocenters. The van der Waals surface area contributed by atoms with E-state index in [4.69, 9.17) is 5.73 Å². The Morgan fingerprint density at radius 3 is 3.00 bits per heavy atom. The molecule has 0 saturated carbocycles. The van der Waals surface area contributed by atoms with Crippen LogP contribution in [-0.2, 0) is 0 Å². The molecule has 1 amide bonds. The third-order valence-electron chi connectivity index (χ3n) is 2.83. The molecule has 2 heterocycles. The van der Waals surface area contributed by atoms with E-state index in [0.717, 1.165) is 21.8 Å². The molecule has 6 heteroatoms. The van der Waals surface area contributed by atoms with E-state index in [1.807, 2.05) is 18.4 Å². The van der Waals surface area contributed by atoms with Crippen molar-refractivity contribution in [2.24, 2.45) is 5.73 Å². The van der Waals surface area contributed by atoms with Crippen molar-refractivity contribution in [3.05, 3.63) is 30.1 Å². The summed E-state index contributed by atoms with van der Waals surface area (Å²) >= 11 is 1.48. The Bertz CT molecular complexity index is 765. The largest absolute Gasteiger partial charge is 0.366 e. The first kappa shape index (κ1) is 11.0. The van der Waals surface area contributed by atoms with Gasteiger partial charge in [0.1, 0.15) is 0 Å². The van der Waals surface area contributed by atoms with Crippen LogP contribution in [0, 0.1) is 0 Å². The van der Waals surface area contributed by atoms with Crippen LogP contribution >= 0.6 is 11.8 Å². The second kappa shape index (κ2) is 3.99. The lowest BCUT2D eigenvalue weighted by Gasteiger charge is -2.01. The highest BCUT2D eigenvalue weighted by Crippen LogP contribution is 2.26. The van der Waals surface area contributed by atoms with Gasteiger partial charge >= 0.3 is 0 Å². The highest BCUT2D eigenvalue weighted by molar-refractivity contribution is 7.98. The summed E-state index contributed by atoms with van der Waals surface area (Å²) in [5.41, 5.74) is 7.43. The van der Waals surface area contributed by atoms with Crippen LogP contribution in [0.1, 0.15) is 10.4 Å². The van der Waals surface area contributed by atoms with Gasteiger partial charge in [-0.05, 0) is 6.26 Å². The number of amides is 1. The monoisotopic (exact) mass is 258 g/mol. The summed E-state index contributed by atoms with van der Waals surface area (Å²) in [6.07, 6.45) is 5.32. The van der Waals surface area contributed by atoms with E-state index in [2.05, 4.69) is 15.0 Å². The predicted octanol–water partition coefficient (Wildman–Crippen LogP) is 1.93. The number of H-pyrrole nitrogens is 1. The van der Waals surface area contributed by atoms with Crippen LogP contribution in [0.25, 0.3) is 21.8 Å². The van der Waals surface area contributed by atoms with Crippen LogP contribution in [-0.4, -0.2) is 27.1 Å². The number of carbonyl (C=O) groups is 1. The lowest BCUT2D eigenvalue weighted by molar-refractivity contribution is 0.100. The molecule has 90 valence electrons. The molecule has 3 aromatic rings. The van der Waals surface area contributed by atoms with Crippen LogP contribution < -0.4 is 5.73 Å². The Morgan fingerprint density at radius 1 is 1.44 bits per heavy atom. The van der Waals surface area contributed by atoms with Crippen molar-refractivity contribution in [2.45, 2.75) is 5.16 Å². The van der Waals surface area contributed by atoms with Crippen molar-refractivity contribution >= 4 is 39.5 Å². The lowest BCUT2D eigenvalue weighted by atomic mass is 10.1. The van der Waals surface area contributed by atoms with Gasteiger partial charge in [-0.25, -0.2) is 9.97 Å². The Morgan fingerprint density at radius 2 is 2.28 bits per heavy atom. The van der Waals surface area contributed by atoms with E-state index in [-0.39, 0.29) is 0 Å². The van der Waals surface area contributed by atoms with Crippen LogP contribution in [0.5, 0.6) is 0 Å². The molecular formula is C12H10N4OS. The molecule has 2 aromatic heterocycles. The highest BCUT2D eigenvalue weighted by atomic mass is 32.2. The van der Waals surface area contributed by atoms with Gasteiger partial charge < -0.3 is 10.7 Å². The maximum absolute atomic E-state index is 11.3. The predicted molar refractivity (Wildman–Crippen MR) is 71.7 cm³/mol. The van der Waals surface area contributed by atoms with Gasteiger partial charge in [0.25, 0.3) is 5.91 Å². The normalized spacial score (nSPS) is 11.2. The molecular weight excluding hydrogens is 248 g/mol. The smallest absolute Gasteiger partial charge is 0.250 e. The summed E-state index contributed by atoms with van der Waals surface area (Å²) in [5.74, 6) is -0.445. The first-order chi connectivity index (χ1) is 8.70. The summed E-state index contributed by atoms with van der Waals surface area (Å²) in [6.45, 7) is 0. The Labute approximate surface area is 107 Å². The summed E-state index contributed by atoms with van der Waals surface area (Å²) < 4.78 is 0. The van der Waals surface area contributed by atoms with Gasteiger partial charge in [-0.2, -0.15) is 0 Å². The van der Waals surface area contributed by atoms with Gasteiger partial charge in [0.2, 0.25) is 0 Å². The second-order valence-corrected chi connectivity index (χ2v) is 4.62. The Kier molecular flexibility index (Phi) is 2.45. The maximum Gasteiger partial charge on any atom is 0.250 e. The van der Waals surface area contributed by atoms with E-state index < -0.39 is 5.91 Å². The molecule has 3 rings (SSSR count). The lowest BCUT2D eigenvalue weighted by Crippen LogP contribution is -2.09. The number of aromatic amines is 1. The van der Waals surface area contributed by atoms with Crippen molar-refractivity contribution in [3.63, 3.8) is 0 Å². The molecule has 0 aliphatic carbocycles. The number of hydrogen-bond donors (Lipinski definition) is 2. The number of hydrogen-bond acceptors (Lipinski definition) is 4. The van der Waals surface area contributed by atoms with Crippen molar-refractivity contribution in [1.29, 1.82) is 0 Å². The van der Waals surface area contributed by atoms with E-state index in [9.17, 15) is 4.79 Å². The number of primary amides is 1. The Hall–Kier alpha value is -2.08. The van der Waals surface area contributed by atoms with E-state index in [0.29, 0.717) is 10.7 Å². The summed E-state index contributed by atoms with van der Waals surface area (Å²) in [6, 6.07) is 3.75. The average molecular weight is 258 g/mol. The van der Waals surface area contributed by atoms with Gasteiger partial charge in [-0.3, -0.25) is 4.79 Å². The van der Waals surface area contributed by atoms with Gasteiger partial charge in [0, 0.05) is 23.2 Å². The molecule has 0 spiro atoms. The third-order valence-corrected chi connectivity index (χ3v) is 3.39. The number of carbonyl (C=O) groups excluding carboxylic acids is 1. The molecule has 0 aliphatic rings. The minimum atomic E-state index is -0.445. The van der Waals surface area contributed by atoms with Gasteiger partial charge in [0.05, 0.1) is 16.6 Å². The maximum atomic E-state index is 11.3. The van der Waals surface area contributed by atoms with E-state index in [1.54, 1.807) is 12.4 Å². The van der Waals surface area contributed by atoms with Gasteiger partial charge in [0.15, 0.2) is 5.16 Å². The topological polar surface area (TPSA) is 84.7 Å². The average Bonchev–Trinajstić information content (AvgIpc) is 2.82. The zero-order valence-corrected chi connectivity index (χ0v) is 10.4. The molecule has 3 N–H and O–H groups in total. The van der Waals surface area contributed by atoms with Crippen LogP contribution in [0.2, 0.25) is 0 Å². The summed E-state index contributed by atoms with van der Waals surface area (Å²) in [7, 11) is 0. The van der Waals surface area contributed by atoms with Gasteiger partial charge in [-0.15, -0.1) is 0 Å². The summed E-state index contributed by atoms with van der Waals surface area (Å²) in [4.78, 5) is 23.0. The van der Waals surface area contributed by atoms with Crippen LogP contribution in [0.4, 0.5) is 0 Å². The molecule has 5 nitrogen and oxygen atoms in total.